The lowest BCUT2D eigenvalue weighted by Crippen LogP contribution is -2.18. The lowest BCUT2D eigenvalue weighted by molar-refractivity contribution is 0.645. The fraction of sp³-hybridized carbons (Fsp3) is 0.250. The van der Waals surface area contributed by atoms with E-state index in [0.717, 1.165) is 16.8 Å². The minimum atomic E-state index is 0.0212. The van der Waals surface area contributed by atoms with Crippen LogP contribution in [-0.4, -0.2) is 31.4 Å². The van der Waals surface area contributed by atoms with Gasteiger partial charge in [0.1, 0.15) is 0 Å². The van der Waals surface area contributed by atoms with E-state index in [1.807, 2.05) is 49.5 Å². The molecule has 0 spiro atoms. The van der Waals surface area contributed by atoms with Gasteiger partial charge in [0, 0.05) is 31.2 Å². The van der Waals surface area contributed by atoms with Crippen LogP contribution in [0, 0.1) is 0 Å². The van der Waals surface area contributed by atoms with Gasteiger partial charge in [0.15, 0.2) is 0 Å². The standard InChI is InChI=1S/C12H14N6/c1-13-12(10-3-5-17(2)16-10)9-7-15-18-6-4-14-8-11(9)18/h3-8,12-13H,1-2H3. The lowest BCUT2D eigenvalue weighted by atomic mass is 10.1. The number of aryl methyl sites for hydroxylation is 1. The van der Waals surface area contributed by atoms with E-state index in [1.54, 1.807) is 10.9 Å². The van der Waals surface area contributed by atoms with Crippen LogP contribution in [0.25, 0.3) is 5.52 Å². The van der Waals surface area contributed by atoms with Crippen molar-refractivity contribution < 1.29 is 0 Å². The third kappa shape index (κ3) is 1.67. The number of hydrogen-bond donors (Lipinski definition) is 1. The van der Waals surface area contributed by atoms with E-state index in [9.17, 15) is 0 Å². The highest BCUT2D eigenvalue weighted by molar-refractivity contribution is 5.54. The van der Waals surface area contributed by atoms with E-state index >= 15 is 0 Å². The van der Waals surface area contributed by atoms with Crippen LogP contribution < -0.4 is 5.32 Å². The van der Waals surface area contributed by atoms with Gasteiger partial charge in [-0.25, -0.2) is 4.52 Å². The van der Waals surface area contributed by atoms with Crippen LogP contribution in [0.3, 0.4) is 0 Å². The lowest BCUT2D eigenvalue weighted by Gasteiger charge is -2.12. The quantitative estimate of drug-likeness (QED) is 0.737. The number of nitrogens with zero attached hydrogens (tertiary/aromatic N) is 5. The van der Waals surface area contributed by atoms with E-state index in [1.165, 1.54) is 0 Å². The highest BCUT2D eigenvalue weighted by Crippen LogP contribution is 2.23. The molecule has 0 bridgehead atoms. The first-order chi connectivity index (χ1) is 8.79. The molecular weight excluding hydrogens is 228 g/mol. The molecule has 0 saturated carbocycles. The predicted octanol–water partition coefficient (Wildman–Crippen LogP) is 0.772. The smallest absolute Gasteiger partial charge is 0.0896 e. The normalized spacial score (nSPS) is 13.0. The van der Waals surface area contributed by atoms with E-state index in [4.69, 9.17) is 0 Å². The van der Waals surface area contributed by atoms with Gasteiger partial charge in [-0.15, -0.1) is 0 Å². The van der Waals surface area contributed by atoms with Crippen molar-refractivity contribution in [1.82, 2.24) is 29.7 Å². The zero-order valence-electron chi connectivity index (χ0n) is 10.3. The summed E-state index contributed by atoms with van der Waals surface area (Å²) in [5.41, 5.74) is 3.03. The molecule has 0 aliphatic carbocycles. The van der Waals surface area contributed by atoms with Gasteiger partial charge >= 0.3 is 0 Å². The second-order valence-corrected chi connectivity index (χ2v) is 4.14. The zero-order valence-corrected chi connectivity index (χ0v) is 10.3. The average Bonchev–Trinajstić information content (AvgIpc) is 2.98. The summed E-state index contributed by atoms with van der Waals surface area (Å²) in [4.78, 5) is 4.15. The summed E-state index contributed by atoms with van der Waals surface area (Å²) in [7, 11) is 3.83. The third-order valence-electron chi connectivity index (χ3n) is 2.98. The van der Waals surface area contributed by atoms with E-state index in [0.29, 0.717) is 0 Å². The summed E-state index contributed by atoms with van der Waals surface area (Å²) in [5.74, 6) is 0. The van der Waals surface area contributed by atoms with Crippen LogP contribution in [-0.2, 0) is 7.05 Å². The van der Waals surface area contributed by atoms with E-state index < -0.39 is 0 Å². The molecule has 92 valence electrons. The molecule has 6 nitrogen and oxygen atoms in total. The molecule has 6 heteroatoms. The molecule has 1 N–H and O–H groups in total. The molecule has 3 rings (SSSR count). The van der Waals surface area contributed by atoms with Crippen molar-refractivity contribution in [3.05, 3.63) is 48.3 Å². The van der Waals surface area contributed by atoms with Crippen molar-refractivity contribution in [2.75, 3.05) is 7.05 Å². The number of rotatable bonds is 3. The Morgan fingerprint density at radius 3 is 2.89 bits per heavy atom. The van der Waals surface area contributed by atoms with Crippen molar-refractivity contribution in [3.8, 4) is 0 Å². The Hall–Kier alpha value is -2.21. The molecule has 0 aliphatic heterocycles. The maximum absolute atomic E-state index is 4.44. The Bertz CT molecular complexity index is 668. The second kappa shape index (κ2) is 4.23. The van der Waals surface area contributed by atoms with Gasteiger partial charge in [-0.05, 0) is 13.1 Å². The molecule has 0 radical (unpaired) electrons. The Balaban J connectivity index is 2.11. The molecule has 1 atom stereocenters. The summed E-state index contributed by atoms with van der Waals surface area (Å²) in [6.07, 6.45) is 9.16. The van der Waals surface area contributed by atoms with Crippen LogP contribution in [0.5, 0.6) is 0 Å². The first kappa shape index (κ1) is 10.9. The highest BCUT2D eigenvalue weighted by Gasteiger charge is 2.18. The molecule has 1 unspecified atom stereocenters. The topological polar surface area (TPSA) is 60.0 Å². The summed E-state index contributed by atoms with van der Waals surface area (Å²) < 4.78 is 3.61. The van der Waals surface area contributed by atoms with E-state index in [-0.39, 0.29) is 6.04 Å². The summed E-state index contributed by atoms with van der Waals surface area (Å²) in [6.45, 7) is 0. The Kier molecular flexibility index (Phi) is 2.56. The van der Waals surface area contributed by atoms with Crippen LogP contribution in [0.1, 0.15) is 17.3 Å². The van der Waals surface area contributed by atoms with Crippen LogP contribution >= 0.6 is 0 Å². The van der Waals surface area contributed by atoms with Crippen molar-refractivity contribution in [2.45, 2.75) is 6.04 Å². The Morgan fingerprint density at radius 2 is 2.17 bits per heavy atom. The molecule has 0 aromatic carbocycles. The van der Waals surface area contributed by atoms with Crippen molar-refractivity contribution in [3.63, 3.8) is 0 Å². The number of aromatic nitrogens is 5. The molecular formula is C12H14N6. The number of fused-ring (bicyclic) bond motifs is 1. The SMILES string of the molecule is CNC(c1ccn(C)n1)c1cnn2ccncc12. The molecule has 0 aliphatic rings. The van der Waals surface area contributed by atoms with Gasteiger partial charge in [0.05, 0.1) is 29.6 Å². The van der Waals surface area contributed by atoms with Crippen LogP contribution in [0.4, 0.5) is 0 Å². The molecule has 18 heavy (non-hydrogen) atoms. The van der Waals surface area contributed by atoms with Crippen molar-refractivity contribution in [1.29, 1.82) is 0 Å². The molecule has 0 amide bonds. The summed E-state index contributed by atoms with van der Waals surface area (Å²) in [6, 6.07) is 2.02. The summed E-state index contributed by atoms with van der Waals surface area (Å²) in [5, 5.41) is 12.0. The van der Waals surface area contributed by atoms with Gasteiger partial charge in [0.25, 0.3) is 0 Å². The third-order valence-corrected chi connectivity index (χ3v) is 2.98. The van der Waals surface area contributed by atoms with Gasteiger partial charge in [-0.2, -0.15) is 10.2 Å². The minimum Gasteiger partial charge on any atom is -0.308 e. The first-order valence-electron chi connectivity index (χ1n) is 5.73. The van der Waals surface area contributed by atoms with Crippen molar-refractivity contribution in [2.24, 2.45) is 7.05 Å². The molecule has 3 heterocycles. The molecule has 3 aromatic rings. The van der Waals surface area contributed by atoms with Gasteiger partial charge in [0.2, 0.25) is 0 Å². The average molecular weight is 242 g/mol. The molecule has 0 fully saturated rings. The van der Waals surface area contributed by atoms with Gasteiger partial charge in [-0.3, -0.25) is 9.67 Å². The van der Waals surface area contributed by atoms with Gasteiger partial charge in [-0.1, -0.05) is 0 Å². The second-order valence-electron chi connectivity index (χ2n) is 4.14. The number of hydrogen-bond acceptors (Lipinski definition) is 4. The number of nitrogens with one attached hydrogen (secondary N) is 1. The predicted molar refractivity (Wildman–Crippen MR) is 67.1 cm³/mol. The van der Waals surface area contributed by atoms with Crippen LogP contribution in [0.2, 0.25) is 0 Å². The fourth-order valence-corrected chi connectivity index (χ4v) is 2.12. The molecule has 0 saturated heterocycles. The monoisotopic (exact) mass is 242 g/mol. The zero-order chi connectivity index (χ0) is 12.5. The maximum atomic E-state index is 4.44. The van der Waals surface area contributed by atoms with Crippen molar-refractivity contribution >= 4 is 5.52 Å². The summed E-state index contributed by atoms with van der Waals surface area (Å²) >= 11 is 0. The molecule has 3 aromatic heterocycles. The largest absolute Gasteiger partial charge is 0.308 e. The minimum absolute atomic E-state index is 0.0212. The maximum Gasteiger partial charge on any atom is 0.0896 e. The first-order valence-corrected chi connectivity index (χ1v) is 5.73. The van der Waals surface area contributed by atoms with E-state index in [2.05, 4.69) is 20.5 Å². The van der Waals surface area contributed by atoms with Crippen LogP contribution in [0.15, 0.2) is 37.1 Å². The van der Waals surface area contributed by atoms with Gasteiger partial charge < -0.3 is 5.32 Å². The fourth-order valence-electron chi connectivity index (χ4n) is 2.12. The highest BCUT2D eigenvalue weighted by atomic mass is 15.3. The Labute approximate surface area is 104 Å². The Morgan fingerprint density at radius 1 is 1.28 bits per heavy atom.